The largest absolute Gasteiger partial charge is 0.377 e. The fraction of sp³-hybridized carbons (Fsp3) is 0.333. The summed E-state index contributed by atoms with van der Waals surface area (Å²) in [6.45, 7) is 4.61. The van der Waals surface area contributed by atoms with Gasteiger partial charge in [-0.2, -0.15) is 0 Å². The molecule has 0 N–H and O–H groups in total. The molecule has 0 saturated heterocycles. The van der Waals surface area contributed by atoms with Crippen LogP contribution in [0.4, 0.5) is 0 Å². The van der Waals surface area contributed by atoms with Crippen molar-refractivity contribution in [3.63, 3.8) is 0 Å². The van der Waals surface area contributed by atoms with E-state index in [1.165, 1.54) is 11.1 Å². The Morgan fingerprint density at radius 2 is 0.821 bits per heavy atom. The fourth-order valence-corrected chi connectivity index (χ4v) is 2.36. The van der Waals surface area contributed by atoms with Gasteiger partial charge in [-0.05, 0) is 11.1 Å². The van der Waals surface area contributed by atoms with Gasteiger partial charge in [-0.1, -0.05) is 85.0 Å². The van der Waals surface area contributed by atoms with Crippen LogP contribution in [0.5, 0.6) is 0 Å². The van der Waals surface area contributed by atoms with Crippen LogP contribution in [0.2, 0.25) is 0 Å². The van der Waals surface area contributed by atoms with E-state index in [0.29, 0.717) is 52.9 Å². The molecule has 0 fully saturated rings. The lowest BCUT2D eigenvalue weighted by molar-refractivity contribution is 0.00401. The van der Waals surface area contributed by atoms with Crippen molar-refractivity contribution in [1.29, 1.82) is 0 Å². The van der Waals surface area contributed by atoms with Crippen molar-refractivity contribution in [1.82, 2.24) is 0 Å². The van der Waals surface area contributed by atoms with E-state index in [9.17, 15) is 0 Å². The molecule has 0 amide bonds. The van der Waals surface area contributed by atoms with Gasteiger partial charge in [-0.25, -0.2) is 0 Å². The van der Waals surface area contributed by atoms with Gasteiger partial charge < -0.3 is 18.9 Å². The number of hydrogen-bond acceptors (Lipinski definition) is 4. The Kier molecular flexibility index (Phi) is 12.4. The highest BCUT2D eigenvalue weighted by Crippen LogP contribution is 2.01. The number of ether oxygens (including phenoxy) is 4. The maximum absolute atomic E-state index is 5.49. The molecule has 0 aliphatic heterocycles. The zero-order valence-corrected chi connectivity index (χ0v) is 16.4. The first-order chi connectivity index (χ1) is 13.9. The maximum Gasteiger partial charge on any atom is 0.0704 e. The average molecular weight is 382 g/mol. The Balaban J connectivity index is 1.31. The second-order valence-corrected chi connectivity index (χ2v) is 6.00. The third kappa shape index (κ3) is 11.5. The molecule has 2 aromatic carbocycles. The third-order valence-electron chi connectivity index (χ3n) is 3.76. The second-order valence-electron chi connectivity index (χ2n) is 6.00. The molecule has 0 atom stereocenters. The van der Waals surface area contributed by atoms with Crippen LogP contribution >= 0.6 is 0 Å². The van der Waals surface area contributed by atoms with E-state index in [2.05, 4.69) is 24.3 Å². The topological polar surface area (TPSA) is 36.9 Å². The molecule has 0 bridgehead atoms. The van der Waals surface area contributed by atoms with Gasteiger partial charge in [-0.15, -0.1) is 0 Å². The predicted molar refractivity (Wildman–Crippen MR) is 114 cm³/mol. The Morgan fingerprint density at radius 3 is 1.21 bits per heavy atom. The number of benzene rings is 2. The highest BCUT2D eigenvalue weighted by molar-refractivity contribution is 5.49. The smallest absolute Gasteiger partial charge is 0.0704 e. The molecular formula is C24H30O4. The summed E-state index contributed by atoms with van der Waals surface area (Å²) in [5.41, 5.74) is 2.35. The van der Waals surface area contributed by atoms with Gasteiger partial charge in [0, 0.05) is 0 Å². The van der Waals surface area contributed by atoms with E-state index >= 15 is 0 Å². The van der Waals surface area contributed by atoms with Crippen LogP contribution in [0.1, 0.15) is 11.1 Å². The van der Waals surface area contributed by atoms with Crippen molar-refractivity contribution < 1.29 is 18.9 Å². The number of hydrogen-bond donors (Lipinski definition) is 0. The van der Waals surface area contributed by atoms with Crippen molar-refractivity contribution >= 4 is 12.2 Å². The van der Waals surface area contributed by atoms with Crippen LogP contribution in [0.25, 0.3) is 12.2 Å². The van der Waals surface area contributed by atoms with Crippen LogP contribution in [-0.4, -0.2) is 52.9 Å². The lowest BCUT2D eigenvalue weighted by atomic mass is 10.2. The van der Waals surface area contributed by atoms with E-state index in [4.69, 9.17) is 18.9 Å². The van der Waals surface area contributed by atoms with Gasteiger partial charge in [0.05, 0.1) is 52.9 Å². The minimum Gasteiger partial charge on any atom is -0.377 e. The summed E-state index contributed by atoms with van der Waals surface area (Å²) in [7, 11) is 0. The monoisotopic (exact) mass is 382 g/mol. The summed E-state index contributed by atoms with van der Waals surface area (Å²) in [6.07, 6.45) is 8.11. The summed E-state index contributed by atoms with van der Waals surface area (Å²) < 4.78 is 21.9. The second kappa shape index (κ2) is 15.8. The van der Waals surface area contributed by atoms with Gasteiger partial charge in [0.15, 0.2) is 0 Å². The third-order valence-corrected chi connectivity index (χ3v) is 3.76. The highest BCUT2D eigenvalue weighted by atomic mass is 16.6. The first-order valence-electron chi connectivity index (χ1n) is 9.69. The normalized spacial score (nSPS) is 11.6. The van der Waals surface area contributed by atoms with E-state index in [-0.39, 0.29) is 0 Å². The lowest BCUT2D eigenvalue weighted by Crippen LogP contribution is -2.11. The van der Waals surface area contributed by atoms with Gasteiger partial charge in [0.1, 0.15) is 0 Å². The highest BCUT2D eigenvalue weighted by Gasteiger charge is 1.92. The van der Waals surface area contributed by atoms with Crippen molar-refractivity contribution in [2.75, 3.05) is 52.9 Å². The minimum absolute atomic E-state index is 0.567. The average Bonchev–Trinajstić information content (AvgIpc) is 2.75. The van der Waals surface area contributed by atoms with Gasteiger partial charge in [0.2, 0.25) is 0 Å². The van der Waals surface area contributed by atoms with E-state index < -0.39 is 0 Å². The molecule has 0 aliphatic rings. The van der Waals surface area contributed by atoms with Crippen molar-refractivity contribution in [2.24, 2.45) is 0 Å². The van der Waals surface area contributed by atoms with Crippen LogP contribution in [-0.2, 0) is 18.9 Å². The number of rotatable bonds is 15. The molecule has 0 unspecified atom stereocenters. The Hall–Kier alpha value is -2.24. The standard InChI is InChI=1S/C24H30O4/c1-3-9-23(10-4-1)13-7-15-25-17-19-27-21-22-28-20-18-26-16-8-14-24-11-5-2-6-12-24/h1-14H,15-22H2. The van der Waals surface area contributed by atoms with Crippen LogP contribution in [0.15, 0.2) is 72.8 Å². The Bertz CT molecular complexity index is 593. The summed E-state index contributed by atoms with van der Waals surface area (Å²) >= 11 is 0. The molecule has 2 aromatic rings. The van der Waals surface area contributed by atoms with Crippen LogP contribution < -0.4 is 0 Å². The molecule has 150 valence electrons. The zero-order valence-electron chi connectivity index (χ0n) is 16.4. The zero-order chi connectivity index (χ0) is 19.5. The van der Waals surface area contributed by atoms with Gasteiger partial charge in [-0.3, -0.25) is 0 Å². The first kappa shape index (κ1) is 22.1. The van der Waals surface area contributed by atoms with E-state index in [1.807, 2.05) is 60.7 Å². The molecule has 4 nitrogen and oxygen atoms in total. The fourth-order valence-electron chi connectivity index (χ4n) is 2.36. The Morgan fingerprint density at radius 1 is 0.464 bits per heavy atom. The van der Waals surface area contributed by atoms with E-state index in [0.717, 1.165) is 0 Å². The van der Waals surface area contributed by atoms with Crippen LogP contribution in [0.3, 0.4) is 0 Å². The molecule has 0 aliphatic carbocycles. The van der Waals surface area contributed by atoms with E-state index in [1.54, 1.807) is 0 Å². The Labute approximate surface area is 168 Å². The first-order valence-corrected chi connectivity index (χ1v) is 9.69. The summed E-state index contributed by atoms with van der Waals surface area (Å²) in [4.78, 5) is 0. The molecule has 0 heterocycles. The summed E-state index contributed by atoms with van der Waals surface area (Å²) in [5, 5.41) is 0. The minimum atomic E-state index is 0.567. The van der Waals surface area contributed by atoms with Gasteiger partial charge >= 0.3 is 0 Å². The molecule has 0 spiro atoms. The molecule has 4 heteroatoms. The quantitative estimate of drug-likeness (QED) is 0.426. The van der Waals surface area contributed by atoms with Gasteiger partial charge in [0.25, 0.3) is 0 Å². The molecular weight excluding hydrogens is 352 g/mol. The van der Waals surface area contributed by atoms with Crippen molar-refractivity contribution in [3.05, 3.63) is 83.9 Å². The molecule has 28 heavy (non-hydrogen) atoms. The molecule has 2 rings (SSSR count). The summed E-state index contributed by atoms with van der Waals surface area (Å²) in [6, 6.07) is 20.3. The lowest BCUT2D eigenvalue weighted by Gasteiger charge is -2.06. The van der Waals surface area contributed by atoms with Crippen molar-refractivity contribution in [2.45, 2.75) is 0 Å². The molecule has 0 aromatic heterocycles. The molecule has 0 saturated carbocycles. The maximum atomic E-state index is 5.49. The van der Waals surface area contributed by atoms with Crippen LogP contribution in [0, 0.1) is 0 Å². The predicted octanol–water partition coefficient (Wildman–Crippen LogP) is 4.48. The van der Waals surface area contributed by atoms with Crippen molar-refractivity contribution in [3.8, 4) is 0 Å². The summed E-state index contributed by atoms with van der Waals surface area (Å²) in [5.74, 6) is 0. The SMILES string of the molecule is C(=Cc1ccccc1)COCCOCCOCCOCC=Cc1ccccc1. The molecule has 0 radical (unpaired) electrons.